The Kier molecular flexibility index (Phi) is 7.53. The first-order valence-corrected chi connectivity index (χ1v) is 16.8. The lowest BCUT2D eigenvalue weighted by molar-refractivity contribution is 0.275. The highest BCUT2D eigenvalue weighted by Crippen LogP contribution is 2.29. The molecule has 2 fully saturated rings. The number of piperidine rings is 2. The summed E-state index contributed by atoms with van der Waals surface area (Å²) < 4.78 is 52.5. The number of nitrogens with zero attached hydrogens (tertiary/aromatic N) is 5. The molecule has 0 radical (unpaired) electrons. The van der Waals surface area contributed by atoms with Gasteiger partial charge in [-0.1, -0.05) is 24.3 Å². The number of aryl methyl sites for hydroxylation is 1. The highest BCUT2D eigenvalue weighted by molar-refractivity contribution is 7.88. The first-order valence-electron chi connectivity index (χ1n) is 13.1. The van der Waals surface area contributed by atoms with Gasteiger partial charge in [0.1, 0.15) is 5.65 Å². The fraction of sp³-hybridized carbons (Fsp3) is 0.500. The van der Waals surface area contributed by atoms with Crippen LogP contribution in [0, 0.1) is 6.92 Å². The molecule has 0 atom stereocenters. The van der Waals surface area contributed by atoms with Gasteiger partial charge in [-0.15, -0.1) is 0 Å². The molecule has 0 aliphatic carbocycles. The molecular weight excluding hydrogens is 540 g/mol. The molecule has 0 unspecified atom stereocenters. The predicted octanol–water partition coefficient (Wildman–Crippen LogP) is 2.20. The Balaban J connectivity index is 1.52. The van der Waals surface area contributed by atoms with Crippen molar-refractivity contribution in [1.82, 2.24) is 23.1 Å². The zero-order chi connectivity index (χ0) is 27.9. The van der Waals surface area contributed by atoms with E-state index in [2.05, 4.69) is 10.3 Å². The molecular formula is C26H34N6O5S2. The van der Waals surface area contributed by atoms with Gasteiger partial charge in [0.25, 0.3) is 5.56 Å². The number of nitrogens with one attached hydrogen (secondary N) is 1. The predicted molar refractivity (Wildman–Crippen MR) is 152 cm³/mol. The summed E-state index contributed by atoms with van der Waals surface area (Å²) in [7, 11) is -6.53. The molecule has 1 aromatic carbocycles. The first-order chi connectivity index (χ1) is 18.4. The second-order valence-electron chi connectivity index (χ2n) is 10.5. The Morgan fingerprint density at radius 1 is 0.872 bits per heavy atom. The molecule has 0 amide bonds. The molecule has 0 saturated carbocycles. The highest BCUT2D eigenvalue weighted by Gasteiger charge is 2.29. The van der Waals surface area contributed by atoms with Gasteiger partial charge >= 0.3 is 0 Å². The van der Waals surface area contributed by atoms with Crippen molar-refractivity contribution in [3.05, 3.63) is 52.4 Å². The molecule has 3 aromatic rings. The number of hydrogen-bond acceptors (Lipinski definition) is 8. The molecule has 2 aromatic heterocycles. The van der Waals surface area contributed by atoms with Gasteiger partial charge in [-0.05, 0) is 49.8 Å². The summed E-state index contributed by atoms with van der Waals surface area (Å²) in [6.07, 6.45) is 6.37. The van der Waals surface area contributed by atoms with E-state index in [1.807, 2.05) is 37.3 Å². The number of aromatic nitrogens is 3. The summed E-state index contributed by atoms with van der Waals surface area (Å²) in [4.78, 5) is 23.3. The van der Waals surface area contributed by atoms with E-state index in [1.54, 1.807) is 10.8 Å². The number of rotatable bonds is 6. The Hall–Kier alpha value is -2.87. The third-order valence-electron chi connectivity index (χ3n) is 7.72. The minimum absolute atomic E-state index is 0.00450. The summed E-state index contributed by atoms with van der Waals surface area (Å²) in [5, 5.41) is 4.05. The van der Waals surface area contributed by atoms with Gasteiger partial charge in [0.05, 0.1) is 12.5 Å². The van der Waals surface area contributed by atoms with E-state index in [4.69, 9.17) is 4.98 Å². The first kappa shape index (κ1) is 27.7. The molecule has 2 aliphatic heterocycles. The van der Waals surface area contributed by atoms with Crippen molar-refractivity contribution < 1.29 is 16.8 Å². The van der Waals surface area contributed by atoms with E-state index in [-0.39, 0.29) is 17.6 Å². The van der Waals surface area contributed by atoms with Crippen LogP contribution in [0.5, 0.6) is 0 Å². The van der Waals surface area contributed by atoms with Crippen LogP contribution < -0.4 is 10.9 Å². The third-order valence-corrected chi connectivity index (χ3v) is 10.3. The lowest BCUT2D eigenvalue weighted by Gasteiger charge is -2.32. The van der Waals surface area contributed by atoms with E-state index >= 15 is 0 Å². The average molecular weight is 575 g/mol. The lowest BCUT2D eigenvalue weighted by Crippen LogP contribution is -2.42. The number of sulfonamides is 2. The standard InChI is InChI=1S/C26H34N6O5S2/c1-18-6-4-5-7-22(18)23-16-19-17-27-26(28-20-8-12-30(13-9-20)38(2,34)35)29-24(19)32(25(23)33)21-10-14-31(15-11-21)39(3,36)37/h4-7,16-17,20-21H,8-15H2,1-3H3,(H,27,28,29). The minimum Gasteiger partial charge on any atom is -0.351 e. The summed E-state index contributed by atoms with van der Waals surface area (Å²) in [5.41, 5.74) is 2.71. The molecule has 2 saturated heterocycles. The molecule has 13 heteroatoms. The van der Waals surface area contributed by atoms with Crippen molar-refractivity contribution >= 4 is 37.0 Å². The van der Waals surface area contributed by atoms with Crippen molar-refractivity contribution in [2.75, 3.05) is 44.0 Å². The smallest absolute Gasteiger partial charge is 0.260 e. The molecule has 1 N–H and O–H groups in total. The second kappa shape index (κ2) is 10.6. The largest absolute Gasteiger partial charge is 0.351 e. The number of fused-ring (bicyclic) bond motifs is 1. The zero-order valence-electron chi connectivity index (χ0n) is 22.4. The molecule has 210 valence electrons. The fourth-order valence-electron chi connectivity index (χ4n) is 5.54. The molecule has 4 heterocycles. The van der Waals surface area contributed by atoms with Crippen LogP contribution in [0.15, 0.2) is 41.3 Å². The highest BCUT2D eigenvalue weighted by atomic mass is 32.2. The molecule has 39 heavy (non-hydrogen) atoms. The molecule has 5 rings (SSSR count). The maximum Gasteiger partial charge on any atom is 0.260 e. The van der Waals surface area contributed by atoms with Crippen molar-refractivity contribution in [3.63, 3.8) is 0 Å². The molecule has 0 bridgehead atoms. The Bertz CT molecular complexity index is 1660. The van der Waals surface area contributed by atoms with Crippen LogP contribution >= 0.6 is 0 Å². The van der Waals surface area contributed by atoms with Crippen LogP contribution in [0.1, 0.15) is 37.3 Å². The Labute approximate surface area is 229 Å². The van der Waals surface area contributed by atoms with E-state index in [1.165, 1.54) is 21.1 Å². The fourth-order valence-corrected chi connectivity index (χ4v) is 7.29. The van der Waals surface area contributed by atoms with Crippen LogP contribution in [0.4, 0.5) is 5.95 Å². The van der Waals surface area contributed by atoms with Gasteiger partial charge in [-0.2, -0.15) is 4.98 Å². The van der Waals surface area contributed by atoms with Gasteiger partial charge < -0.3 is 5.32 Å². The van der Waals surface area contributed by atoms with E-state index in [0.29, 0.717) is 69.0 Å². The molecule has 0 spiro atoms. The maximum atomic E-state index is 14.0. The number of anilines is 1. The van der Waals surface area contributed by atoms with Crippen molar-refractivity contribution in [2.24, 2.45) is 0 Å². The summed E-state index contributed by atoms with van der Waals surface area (Å²) in [6, 6.07) is 9.34. The second-order valence-corrected chi connectivity index (χ2v) is 14.5. The molecule has 11 nitrogen and oxygen atoms in total. The zero-order valence-corrected chi connectivity index (χ0v) is 24.0. The SMILES string of the molecule is Cc1ccccc1-c1cc2cnc(NC3CCN(S(C)(=O)=O)CC3)nc2n(C2CCN(S(C)(=O)=O)CC2)c1=O. The number of hydrogen-bond donors (Lipinski definition) is 1. The van der Waals surface area contributed by atoms with E-state index < -0.39 is 20.0 Å². The normalized spacial score (nSPS) is 18.9. The van der Waals surface area contributed by atoms with Crippen LogP contribution in [0.25, 0.3) is 22.2 Å². The van der Waals surface area contributed by atoms with Crippen LogP contribution in [0.2, 0.25) is 0 Å². The monoisotopic (exact) mass is 574 g/mol. The van der Waals surface area contributed by atoms with Crippen molar-refractivity contribution in [1.29, 1.82) is 0 Å². The van der Waals surface area contributed by atoms with Crippen molar-refractivity contribution in [3.8, 4) is 11.1 Å². The third kappa shape index (κ3) is 5.86. The van der Waals surface area contributed by atoms with Crippen LogP contribution in [-0.4, -0.2) is 84.7 Å². The quantitative estimate of drug-likeness (QED) is 0.474. The van der Waals surface area contributed by atoms with Gasteiger partial charge in [-0.25, -0.2) is 30.4 Å². The topological polar surface area (TPSA) is 135 Å². The number of benzene rings is 1. The van der Waals surface area contributed by atoms with Gasteiger partial charge in [0, 0.05) is 55.4 Å². The summed E-state index contributed by atoms with van der Waals surface area (Å²) in [5.74, 6) is 0.380. The minimum atomic E-state index is -3.31. The summed E-state index contributed by atoms with van der Waals surface area (Å²) >= 11 is 0. The maximum absolute atomic E-state index is 14.0. The lowest BCUT2D eigenvalue weighted by atomic mass is 9.99. The molecule has 2 aliphatic rings. The number of pyridine rings is 1. The van der Waals surface area contributed by atoms with Gasteiger partial charge in [0.2, 0.25) is 26.0 Å². The van der Waals surface area contributed by atoms with Crippen molar-refractivity contribution in [2.45, 2.75) is 44.7 Å². The Morgan fingerprint density at radius 2 is 1.46 bits per heavy atom. The van der Waals surface area contributed by atoms with Crippen LogP contribution in [0.3, 0.4) is 0 Å². The van der Waals surface area contributed by atoms with E-state index in [9.17, 15) is 21.6 Å². The average Bonchev–Trinajstić information content (AvgIpc) is 2.88. The van der Waals surface area contributed by atoms with Crippen LogP contribution in [-0.2, 0) is 20.0 Å². The summed E-state index contributed by atoms with van der Waals surface area (Å²) in [6.45, 7) is 3.48. The Morgan fingerprint density at radius 3 is 2.05 bits per heavy atom. The van der Waals surface area contributed by atoms with E-state index in [0.717, 1.165) is 16.5 Å². The van der Waals surface area contributed by atoms with Gasteiger partial charge in [-0.3, -0.25) is 9.36 Å². The van der Waals surface area contributed by atoms with Gasteiger partial charge in [0.15, 0.2) is 0 Å².